The van der Waals surface area contributed by atoms with Crippen molar-refractivity contribution >= 4 is 10.9 Å². The molecule has 3 rings (SSSR count). The van der Waals surface area contributed by atoms with E-state index in [-0.39, 0.29) is 0 Å². The highest BCUT2D eigenvalue weighted by molar-refractivity contribution is 7.95. The summed E-state index contributed by atoms with van der Waals surface area (Å²) in [5.74, 6) is 0. The van der Waals surface area contributed by atoms with Crippen LogP contribution in [0.5, 0.6) is 0 Å². The fraction of sp³-hybridized carbons (Fsp3) is 0.150. The molecule has 1 aromatic heterocycles. The van der Waals surface area contributed by atoms with Crippen LogP contribution in [0.25, 0.3) is 22.4 Å². The molecule has 0 fully saturated rings. The van der Waals surface area contributed by atoms with Crippen molar-refractivity contribution in [3.05, 3.63) is 72.4 Å². The first-order chi connectivity index (χ1) is 10.6. The summed E-state index contributed by atoms with van der Waals surface area (Å²) in [6, 6.07) is 21.3. The lowest BCUT2D eigenvalue weighted by Crippen LogP contribution is -1.95. The molecule has 2 heteroatoms. The first-order valence-corrected chi connectivity index (χ1v) is 9.39. The van der Waals surface area contributed by atoms with E-state index in [9.17, 15) is 0 Å². The first kappa shape index (κ1) is 14.9. The van der Waals surface area contributed by atoms with Crippen LogP contribution in [0.4, 0.5) is 0 Å². The molecule has 0 radical (unpaired) electrons. The molecule has 0 aliphatic carbocycles. The number of nitrogens with zero attached hydrogens (tertiary/aromatic N) is 1. The third-order valence-electron chi connectivity index (χ3n) is 3.82. The summed E-state index contributed by atoms with van der Waals surface area (Å²) in [5.41, 5.74) is 5.89. The maximum Gasteiger partial charge on any atom is 0.154 e. The molecular weight excluding hydrogens is 286 g/mol. The molecule has 0 saturated carbocycles. The molecule has 0 spiro atoms. The van der Waals surface area contributed by atoms with Crippen LogP contribution in [0, 0.1) is 6.92 Å². The summed E-state index contributed by atoms with van der Waals surface area (Å²) in [4.78, 5) is 6.04. The smallest absolute Gasteiger partial charge is 0.154 e. The Labute approximate surface area is 135 Å². The number of hydrogen-bond donors (Lipinski definition) is 0. The van der Waals surface area contributed by atoms with Gasteiger partial charge in [0, 0.05) is 28.2 Å². The Balaban J connectivity index is 1.95. The van der Waals surface area contributed by atoms with Crippen molar-refractivity contribution in [2.45, 2.75) is 11.8 Å². The molecule has 0 aliphatic rings. The normalized spacial score (nSPS) is 10.9. The Bertz CT molecular complexity index is 761. The molecule has 110 valence electrons. The summed E-state index contributed by atoms with van der Waals surface area (Å²) in [6.07, 6.45) is 6.48. The molecule has 3 aromatic rings. The topological polar surface area (TPSA) is 12.9 Å². The predicted molar refractivity (Wildman–Crippen MR) is 97.3 cm³/mol. The molecule has 0 aliphatic heterocycles. The average Bonchev–Trinajstić information content (AvgIpc) is 2.56. The minimum atomic E-state index is 0.307. The predicted octanol–water partition coefficient (Wildman–Crippen LogP) is 4.96. The van der Waals surface area contributed by atoms with Gasteiger partial charge in [-0.25, -0.2) is 0 Å². The lowest BCUT2D eigenvalue weighted by atomic mass is 10.0. The lowest BCUT2D eigenvalue weighted by molar-refractivity contribution is 1.28. The van der Waals surface area contributed by atoms with E-state index in [0.717, 1.165) is 11.3 Å². The van der Waals surface area contributed by atoms with Crippen LogP contribution in [0.2, 0.25) is 0 Å². The fourth-order valence-corrected chi connectivity index (χ4v) is 3.21. The van der Waals surface area contributed by atoms with Crippen LogP contribution >= 0.6 is 0 Å². The molecule has 0 amide bonds. The Kier molecular flexibility index (Phi) is 4.30. The van der Waals surface area contributed by atoms with Crippen molar-refractivity contribution in [3.8, 4) is 22.4 Å². The van der Waals surface area contributed by atoms with Gasteiger partial charge in [-0.3, -0.25) is 4.98 Å². The largest absolute Gasteiger partial charge is 0.256 e. The van der Waals surface area contributed by atoms with Crippen molar-refractivity contribution in [1.82, 2.24) is 4.98 Å². The number of benzene rings is 2. The Morgan fingerprint density at radius 2 is 1.50 bits per heavy atom. The van der Waals surface area contributed by atoms with E-state index < -0.39 is 0 Å². The van der Waals surface area contributed by atoms with E-state index >= 15 is 0 Å². The van der Waals surface area contributed by atoms with Gasteiger partial charge in [0.15, 0.2) is 4.90 Å². The number of aromatic nitrogens is 1. The molecule has 0 saturated heterocycles. The van der Waals surface area contributed by atoms with Crippen LogP contribution in [0.15, 0.2) is 71.8 Å². The average molecular weight is 306 g/mol. The molecule has 0 bridgehead atoms. The van der Waals surface area contributed by atoms with Gasteiger partial charge in [-0.2, -0.15) is 0 Å². The van der Waals surface area contributed by atoms with Gasteiger partial charge in [0.1, 0.15) is 12.5 Å². The zero-order valence-electron chi connectivity index (χ0n) is 13.2. The van der Waals surface area contributed by atoms with E-state index in [1.165, 1.54) is 21.6 Å². The Morgan fingerprint density at radius 1 is 0.818 bits per heavy atom. The quantitative estimate of drug-likeness (QED) is 0.623. The molecular formula is C20H20NS+. The Morgan fingerprint density at radius 3 is 2.09 bits per heavy atom. The van der Waals surface area contributed by atoms with Crippen LogP contribution in [0.3, 0.4) is 0 Å². The van der Waals surface area contributed by atoms with Gasteiger partial charge in [-0.05, 0) is 48.4 Å². The van der Waals surface area contributed by atoms with Crippen molar-refractivity contribution < 1.29 is 0 Å². The minimum Gasteiger partial charge on any atom is -0.256 e. The summed E-state index contributed by atoms with van der Waals surface area (Å²) in [5, 5.41) is 0. The first-order valence-electron chi connectivity index (χ1n) is 7.35. The Hall–Kier alpha value is -2.06. The highest BCUT2D eigenvalue weighted by Gasteiger charge is 2.10. The summed E-state index contributed by atoms with van der Waals surface area (Å²) < 4.78 is 0. The van der Waals surface area contributed by atoms with E-state index in [2.05, 4.69) is 66.9 Å². The molecule has 0 N–H and O–H groups in total. The summed E-state index contributed by atoms with van der Waals surface area (Å²) >= 11 is 0. The van der Waals surface area contributed by atoms with Crippen LogP contribution in [0.1, 0.15) is 5.56 Å². The zero-order valence-corrected chi connectivity index (χ0v) is 14.0. The van der Waals surface area contributed by atoms with Crippen LogP contribution in [-0.4, -0.2) is 17.5 Å². The molecule has 0 unspecified atom stereocenters. The maximum atomic E-state index is 4.65. The molecule has 2 aromatic carbocycles. The van der Waals surface area contributed by atoms with Crippen molar-refractivity contribution in [2.24, 2.45) is 0 Å². The van der Waals surface area contributed by atoms with Gasteiger partial charge in [0.05, 0.1) is 5.69 Å². The maximum absolute atomic E-state index is 4.65. The van der Waals surface area contributed by atoms with Crippen molar-refractivity contribution in [2.75, 3.05) is 12.5 Å². The van der Waals surface area contributed by atoms with Crippen molar-refractivity contribution in [3.63, 3.8) is 0 Å². The monoisotopic (exact) mass is 306 g/mol. The second kappa shape index (κ2) is 6.37. The number of rotatable bonds is 3. The highest BCUT2D eigenvalue weighted by atomic mass is 32.2. The standard InChI is InChI=1S/C20H20NS/c1-15-13-20(17-7-5-4-6-8-17)21-14-19(15)16-9-11-18(12-10-16)22(2)3/h4-14H,1-3H3/q+1. The minimum absolute atomic E-state index is 0.307. The number of hydrogen-bond acceptors (Lipinski definition) is 1. The second-order valence-corrected chi connectivity index (χ2v) is 7.70. The SMILES string of the molecule is Cc1cc(-c2ccccc2)ncc1-c1ccc([S+](C)C)cc1. The molecule has 0 atom stereocenters. The third kappa shape index (κ3) is 3.07. The van der Waals surface area contributed by atoms with Crippen LogP contribution in [-0.2, 0) is 10.9 Å². The van der Waals surface area contributed by atoms with Gasteiger partial charge >= 0.3 is 0 Å². The van der Waals surface area contributed by atoms with Crippen LogP contribution < -0.4 is 0 Å². The second-order valence-electron chi connectivity index (χ2n) is 5.59. The van der Waals surface area contributed by atoms with Gasteiger partial charge in [-0.1, -0.05) is 30.3 Å². The number of pyridine rings is 1. The van der Waals surface area contributed by atoms with E-state index in [1.807, 2.05) is 24.4 Å². The summed E-state index contributed by atoms with van der Waals surface area (Å²) in [7, 11) is 0.307. The molecule has 1 nitrogen and oxygen atoms in total. The van der Waals surface area contributed by atoms with Gasteiger partial charge in [0.25, 0.3) is 0 Å². The van der Waals surface area contributed by atoms with Crippen molar-refractivity contribution in [1.29, 1.82) is 0 Å². The van der Waals surface area contributed by atoms with Gasteiger partial charge < -0.3 is 0 Å². The van der Waals surface area contributed by atoms with E-state index in [4.69, 9.17) is 0 Å². The van der Waals surface area contributed by atoms with E-state index in [0.29, 0.717) is 10.9 Å². The zero-order chi connectivity index (χ0) is 15.5. The summed E-state index contributed by atoms with van der Waals surface area (Å²) in [6.45, 7) is 2.15. The molecule has 22 heavy (non-hydrogen) atoms. The van der Waals surface area contributed by atoms with Gasteiger partial charge in [-0.15, -0.1) is 0 Å². The number of aryl methyl sites for hydroxylation is 1. The van der Waals surface area contributed by atoms with E-state index in [1.54, 1.807) is 0 Å². The third-order valence-corrected chi connectivity index (χ3v) is 5.03. The molecule has 1 heterocycles. The highest BCUT2D eigenvalue weighted by Crippen LogP contribution is 2.27. The van der Waals surface area contributed by atoms with Gasteiger partial charge in [0.2, 0.25) is 0 Å². The lowest BCUT2D eigenvalue weighted by Gasteiger charge is -2.09. The fourth-order valence-electron chi connectivity index (χ4n) is 2.53.